The molecule has 2 N–H and O–H groups in total. The summed E-state index contributed by atoms with van der Waals surface area (Å²) in [5.41, 5.74) is 1.17. The molecule has 0 spiro atoms. The van der Waals surface area contributed by atoms with Crippen LogP contribution in [0.4, 0.5) is 0 Å². The van der Waals surface area contributed by atoms with E-state index in [1.54, 1.807) is 7.05 Å². The molecule has 4 rings (SSSR count). The molecule has 2 fully saturated rings. The van der Waals surface area contributed by atoms with E-state index in [0.717, 1.165) is 12.2 Å². The molecule has 168 valence electrons. The Labute approximate surface area is 200 Å². The predicted octanol–water partition coefficient (Wildman–Crippen LogP) is 2.35. The van der Waals surface area contributed by atoms with E-state index < -0.39 is 0 Å². The van der Waals surface area contributed by atoms with E-state index in [1.807, 2.05) is 31.2 Å². The molecule has 2 amide bonds. The van der Waals surface area contributed by atoms with E-state index in [-0.39, 0.29) is 59.5 Å². The van der Waals surface area contributed by atoms with Crippen LogP contribution in [0.5, 0.6) is 5.75 Å². The van der Waals surface area contributed by atoms with Gasteiger partial charge in [-0.25, -0.2) is 0 Å². The Balaban J connectivity index is 0.00000272. The molecule has 1 aromatic carbocycles. The number of aryl methyl sites for hydroxylation is 1. The fourth-order valence-electron chi connectivity index (χ4n) is 4.89. The molecule has 2 bridgehead atoms. The van der Waals surface area contributed by atoms with Crippen LogP contribution in [0.15, 0.2) is 41.4 Å². The van der Waals surface area contributed by atoms with Crippen molar-refractivity contribution in [3.05, 3.63) is 42.0 Å². The summed E-state index contributed by atoms with van der Waals surface area (Å²) in [5, 5.41) is 6.44. The van der Waals surface area contributed by atoms with Gasteiger partial charge in [0, 0.05) is 20.1 Å². The highest BCUT2D eigenvalue weighted by Gasteiger charge is 2.58. The number of fused-ring (bicyclic) bond motifs is 5. The molecule has 3 aliphatic rings. The summed E-state index contributed by atoms with van der Waals surface area (Å²) >= 11 is 0. The van der Waals surface area contributed by atoms with Gasteiger partial charge in [-0.2, -0.15) is 0 Å². The summed E-state index contributed by atoms with van der Waals surface area (Å²) in [6.07, 6.45) is 5.92. The van der Waals surface area contributed by atoms with E-state index in [4.69, 9.17) is 4.74 Å². The molecule has 4 unspecified atom stereocenters. The van der Waals surface area contributed by atoms with Gasteiger partial charge in [-0.05, 0) is 49.3 Å². The zero-order chi connectivity index (χ0) is 21.1. The van der Waals surface area contributed by atoms with Gasteiger partial charge in [0.25, 0.3) is 0 Å². The lowest BCUT2D eigenvalue weighted by Gasteiger charge is -2.18. The first-order valence-corrected chi connectivity index (χ1v) is 10.8. The molecule has 0 aromatic heterocycles. The lowest BCUT2D eigenvalue weighted by atomic mass is 9.85. The topological polar surface area (TPSA) is 83.0 Å². The number of likely N-dealkylation sites (tertiary alicyclic amines) is 1. The number of allylic oxidation sites excluding steroid dienone is 2. The molecular formula is C23H31IN4O3. The van der Waals surface area contributed by atoms with Gasteiger partial charge in [-0.1, -0.05) is 24.3 Å². The van der Waals surface area contributed by atoms with Crippen LogP contribution in [0.2, 0.25) is 0 Å². The number of guanidine groups is 1. The number of halogens is 1. The Kier molecular flexibility index (Phi) is 7.96. The number of ether oxygens (including phenoxy) is 1. The number of nitrogens with zero attached hydrogens (tertiary/aromatic N) is 2. The second kappa shape index (κ2) is 10.5. The molecule has 1 aliphatic heterocycles. The van der Waals surface area contributed by atoms with E-state index in [1.165, 1.54) is 10.5 Å². The summed E-state index contributed by atoms with van der Waals surface area (Å²) in [5.74, 6) is 1.91. The Morgan fingerprint density at radius 3 is 2.45 bits per heavy atom. The highest BCUT2D eigenvalue weighted by atomic mass is 127. The normalized spacial score (nSPS) is 26.1. The third-order valence-electron chi connectivity index (χ3n) is 6.29. The number of hydrogen-bond acceptors (Lipinski definition) is 4. The standard InChI is InChI=1S/C23H30N4O3.HI/c1-15-5-3-6-18(13-15)30-12-10-26-23(24-2)25-9-4-11-27-21(28)19-16-7-8-17(14-16)20(19)22(27)29;/h3,5-8,13,16-17,19-20H,4,9-12,14H2,1-2H3,(H2,24,25,26);1H. The minimum Gasteiger partial charge on any atom is -0.492 e. The number of amides is 2. The zero-order valence-electron chi connectivity index (χ0n) is 18.0. The molecule has 4 atom stereocenters. The molecule has 31 heavy (non-hydrogen) atoms. The van der Waals surface area contributed by atoms with Crippen molar-refractivity contribution in [3.8, 4) is 5.75 Å². The van der Waals surface area contributed by atoms with Gasteiger partial charge in [0.1, 0.15) is 12.4 Å². The number of carbonyl (C=O) groups is 2. The van der Waals surface area contributed by atoms with Gasteiger partial charge in [0.2, 0.25) is 11.8 Å². The average Bonchev–Trinajstić information content (AvgIpc) is 3.42. The number of rotatable bonds is 8. The van der Waals surface area contributed by atoms with E-state index in [9.17, 15) is 9.59 Å². The summed E-state index contributed by atoms with van der Waals surface area (Å²) < 4.78 is 5.73. The minimum atomic E-state index is -0.108. The first-order chi connectivity index (χ1) is 14.6. The summed E-state index contributed by atoms with van der Waals surface area (Å²) in [6.45, 7) is 4.28. The molecule has 1 heterocycles. The Bertz CT molecular complexity index is 842. The number of nitrogens with one attached hydrogen (secondary N) is 2. The summed E-state index contributed by atoms with van der Waals surface area (Å²) in [6, 6.07) is 7.96. The smallest absolute Gasteiger partial charge is 0.233 e. The SMILES string of the molecule is CN=C(NCCCN1C(=O)C2C3C=CC(C3)C2C1=O)NCCOc1cccc(C)c1.I. The maximum atomic E-state index is 12.7. The molecule has 1 saturated heterocycles. The van der Waals surface area contributed by atoms with Crippen LogP contribution >= 0.6 is 24.0 Å². The van der Waals surface area contributed by atoms with Gasteiger partial charge in [-0.3, -0.25) is 19.5 Å². The molecule has 1 saturated carbocycles. The Morgan fingerprint density at radius 1 is 1.13 bits per heavy atom. The lowest BCUT2D eigenvalue weighted by molar-refractivity contribution is -0.140. The third kappa shape index (κ3) is 5.05. The maximum absolute atomic E-state index is 12.7. The van der Waals surface area contributed by atoms with Gasteiger partial charge in [-0.15, -0.1) is 24.0 Å². The number of imide groups is 1. The summed E-state index contributed by atoms with van der Waals surface area (Å²) in [4.78, 5) is 31.1. The van der Waals surface area contributed by atoms with Crippen LogP contribution in [0.25, 0.3) is 0 Å². The van der Waals surface area contributed by atoms with Crippen LogP contribution in [0.1, 0.15) is 18.4 Å². The van der Waals surface area contributed by atoms with Gasteiger partial charge < -0.3 is 15.4 Å². The second-order valence-corrected chi connectivity index (χ2v) is 8.27. The Morgan fingerprint density at radius 2 is 1.81 bits per heavy atom. The highest BCUT2D eigenvalue weighted by Crippen LogP contribution is 2.52. The lowest BCUT2D eigenvalue weighted by Crippen LogP contribution is -2.41. The molecule has 2 aliphatic carbocycles. The molecule has 8 heteroatoms. The third-order valence-corrected chi connectivity index (χ3v) is 6.29. The summed E-state index contributed by atoms with van der Waals surface area (Å²) in [7, 11) is 1.72. The maximum Gasteiger partial charge on any atom is 0.233 e. The van der Waals surface area contributed by atoms with E-state index in [2.05, 4.69) is 27.8 Å². The highest BCUT2D eigenvalue weighted by molar-refractivity contribution is 14.0. The van der Waals surface area contributed by atoms with Crippen LogP contribution in [-0.2, 0) is 9.59 Å². The largest absolute Gasteiger partial charge is 0.492 e. The van der Waals surface area contributed by atoms with Crippen LogP contribution in [0.3, 0.4) is 0 Å². The van der Waals surface area contributed by atoms with Crippen molar-refractivity contribution in [2.75, 3.05) is 33.3 Å². The van der Waals surface area contributed by atoms with Crippen molar-refractivity contribution < 1.29 is 14.3 Å². The van der Waals surface area contributed by atoms with Gasteiger partial charge in [0.05, 0.1) is 18.4 Å². The number of carbonyl (C=O) groups excluding carboxylic acids is 2. The molecule has 1 aromatic rings. The molecule has 0 radical (unpaired) electrons. The zero-order valence-corrected chi connectivity index (χ0v) is 20.4. The van der Waals surface area contributed by atoms with E-state index >= 15 is 0 Å². The van der Waals surface area contributed by atoms with Gasteiger partial charge in [0.15, 0.2) is 5.96 Å². The second-order valence-electron chi connectivity index (χ2n) is 8.27. The van der Waals surface area contributed by atoms with Crippen molar-refractivity contribution in [1.82, 2.24) is 15.5 Å². The quantitative estimate of drug-likeness (QED) is 0.133. The number of hydrogen-bond donors (Lipinski definition) is 2. The molecule has 7 nitrogen and oxygen atoms in total. The van der Waals surface area contributed by atoms with Crippen LogP contribution < -0.4 is 15.4 Å². The number of aliphatic imine (C=N–C) groups is 1. The predicted molar refractivity (Wildman–Crippen MR) is 131 cm³/mol. The van der Waals surface area contributed by atoms with Crippen molar-refractivity contribution >= 4 is 41.8 Å². The monoisotopic (exact) mass is 538 g/mol. The van der Waals surface area contributed by atoms with Crippen molar-refractivity contribution in [3.63, 3.8) is 0 Å². The minimum absolute atomic E-state index is 0. The molecular weight excluding hydrogens is 507 g/mol. The van der Waals surface area contributed by atoms with Crippen molar-refractivity contribution in [2.45, 2.75) is 19.8 Å². The van der Waals surface area contributed by atoms with E-state index in [0.29, 0.717) is 38.6 Å². The average molecular weight is 538 g/mol. The number of benzene rings is 1. The van der Waals surface area contributed by atoms with Gasteiger partial charge >= 0.3 is 0 Å². The first-order valence-electron chi connectivity index (χ1n) is 10.8. The van der Waals surface area contributed by atoms with Crippen LogP contribution in [-0.4, -0.2) is 56.0 Å². The van der Waals surface area contributed by atoms with Crippen molar-refractivity contribution in [1.29, 1.82) is 0 Å². The first kappa shape index (κ1) is 23.6. The van der Waals surface area contributed by atoms with Crippen LogP contribution in [0, 0.1) is 30.6 Å². The fourth-order valence-corrected chi connectivity index (χ4v) is 4.89. The fraction of sp³-hybridized carbons (Fsp3) is 0.522. The Hall–Kier alpha value is -2.10. The van der Waals surface area contributed by atoms with Crippen molar-refractivity contribution in [2.24, 2.45) is 28.7 Å².